The molecule has 2 aromatic carbocycles. The third-order valence-corrected chi connectivity index (χ3v) is 7.38. The number of methoxy groups -OCH3 is 1. The maximum atomic E-state index is 14.0. The van der Waals surface area contributed by atoms with E-state index in [-0.39, 0.29) is 42.6 Å². The van der Waals surface area contributed by atoms with Gasteiger partial charge in [-0.25, -0.2) is 9.18 Å². The van der Waals surface area contributed by atoms with Gasteiger partial charge in [0.15, 0.2) is 11.5 Å². The lowest BCUT2D eigenvalue weighted by Gasteiger charge is -2.47. The molecule has 0 saturated heterocycles. The number of likely N-dealkylation sites (N-methyl/N-ethyl adjacent to an activating group) is 1. The summed E-state index contributed by atoms with van der Waals surface area (Å²) in [4.78, 5) is 15.0. The number of benzene rings is 2. The average Bonchev–Trinajstić information content (AvgIpc) is 2.86. The Morgan fingerprint density at radius 3 is 2.62 bits per heavy atom. The summed E-state index contributed by atoms with van der Waals surface area (Å²) >= 11 is 0. The van der Waals surface area contributed by atoms with E-state index >= 15 is 0 Å². The molecule has 0 bridgehead atoms. The van der Waals surface area contributed by atoms with E-state index in [0.29, 0.717) is 32.5 Å². The van der Waals surface area contributed by atoms with Crippen LogP contribution in [0.5, 0.6) is 11.5 Å². The van der Waals surface area contributed by atoms with Gasteiger partial charge in [-0.05, 0) is 73.2 Å². The number of rotatable bonds is 10. The van der Waals surface area contributed by atoms with Crippen LogP contribution < -0.4 is 9.47 Å². The summed E-state index contributed by atoms with van der Waals surface area (Å²) in [6.45, 7) is 7.00. The fraction of sp³-hybridized carbons (Fsp3) is 0.552. The molecular formula is C29H39ClFNO5. The lowest BCUT2D eigenvalue weighted by molar-refractivity contribution is -0.172. The third kappa shape index (κ3) is 6.95. The highest BCUT2D eigenvalue weighted by molar-refractivity contribution is 5.85. The Morgan fingerprint density at radius 1 is 1.14 bits per heavy atom. The molecule has 0 N–H and O–H groups in total. The summed E-state index contributed by atoms with van der Waals surface area (Å²) in [5, 5.41) is 0. The predicted octanol–water partition coefficient (Wildman–Crippen LogP) is 5.20. The molecule has 0 aromatic heterocycles. The number of aryl methyl sites for hydroxylation is 1. The molecule has 1 aliphatic carbocycles. The maximum absolute atomic E-state index is 14.0. The minimum Gasteiger partial charge on any atom is -0.486 e. The smallest absolute Gasteiger partial charge is 0.332 e. The van der Waals surface area contributed by atoms with Gasteiger partial charge in [-0.15, -0.1) is 12.4 Å². The van der Waals surface area contributed by atoms with Crippen LogP contribution in [0.4, 0.5) is 4.39 Å². The van der Waals surface area contributed by atoms with E-state index in [4.69, 9.17) is 18.9 Å². The van der Waals surface area contributed by atoms with Gasteiger partial charge in [0.2, 0.25) is 0 Å². The Hall–Kier alpha value is -2.35. The summed E-state index contributed by atoms with van der Waals surface area (Å²) in [6, 6.07) is 11.1. The largest absolute Gasteiger partial charge is 0.486 e. The molecular weight excluding hydrogens is 497 g/mol. The quantitative estimate of drug-likeness (QED) is 0.390. The first-order chi connectivity index (χ1) is 17.3. The Labute approximate surface area is 225 Å². The molecule has 0 radical (unpaired) electrons. The predicted molar refractivity (Wildman–Crippen MR) is 143 cm³/mol. The second kappa shape index (κ2) is 12.9. The molecule has 2 aromatic rings. The van der Waals surface area contributed by atoms with Crippen LogP contribution in [0.2, 0.25) is 0 Å². The molecule has 8 heteroatoms. The van der Waals surface area contributed by atoms with Crippen LogP contribution in [0.1, 0.15) is 49.3 Å². The Balaban J connectivity index is 0.00000380. The standard InChI is InChI=1S/C29H38FNO5.ClH/c1-20(2)28-24-7-6-23(30)18-22(24)9-11-29(28,36-27(32)19-33-4)12-14-31(3)13-10-21-5-8-25-26(17-21)35-16-15-34-25;/h5-8,17-18,20,28H,9-16,19H2,1-4H3;1H/t28-,29-;/m1./s1. The lowest BCUT2D eigenvalue weighted by Crippen LogP contribution is -2.49. The van der Waals surface area contributed by atoms with Crippen molar-refractivity contribution in [3.05, 3.63) is 58.9 Å². The molecule has 2 aliphatic rings. The normalized spacial score (nSPS) is 20.4. The van der Waals surface area contributed by atoms with Gasteiger partial charge in [0.1, 0.15) is 31.2 Å². The maximum Gasteiger partial charge on any atom is 0.332 e. The first-order valence-electron chi connectivity index (χ1n) is 12.9. The van der Waals surface area contributed by atoms with E-state index in [1.54, 1.807) is 6.07 Å². The molecule has 1 heterocycles. The highest BCUT2D eigenvalue weighted by Gasteiger charge is 2.47. The van der Waals surface area contributed by atoms with Crippen molar-refractivity contribution in [1.82, 2.24) is 4.90 Å². The lowest BCUT2D eigenvalue weighted by atomic mass is 9.65. The summed E-state index contributed by atoms with van der Waals surface area (Å²) in [6.07, 6.45) is 2.91. The number of halogens is 2. The van der Waals surface area contributed by atoms with Crippen LogP contribution in [-0.2, 0) is 27.1 Å². The number of hydrogen-bond acceptors (Lipinski definition) is 6. The minimum absolute atomic E-state index is 0. The number of ether oxygens (including phenoxy) is 4. The number of nitrogens with zero attached hydrogens (tertiary/aromatic N) is 1. The van der Waals surface area contributed by atoms with Crippen molar-refractivity contribution in [2.75, 3.05) is 47.1 Å². The van der Waals surface area contributed by atoms with E-state index in [9.17, 15) is 9.18 Å². The summed E-state index contributed by atoms with van der Waals surface area (Å²) < 4.78 is 36.6. The molecule has 204 valence electrons. The molecule has 0 amide bonds. The zero-order valence-corrected chi connectivity index (χ0v) is 23.1. The molecule has 6 nitrogen and oxygen atoms in total. The first-order valence-corrected chi connectivity index (χ1v) is 12.9. The van der Waals surface area contributed by atoms with Gasteiger partial charge in [0.25, 0.3) is 0 Å². The fourth-order valence-corrected chi connectivity index (χ4v) is 5.72. The highest BCUT2D eigenvalue weighted by Crippen LogP contribution is 2.48. The Kier molecular flexibility index (Phi) is 10.2. The molecule has 0 fully saturated rings. The van der Waals surface area contributed by atoms with E-state index in [0.717, 1.165) is 42.1 Å². The second-order valence-electron chi connectivity index (χ2n) is 10.3. The van der Waals surface area contributed by atoms with Crippen molar-refractivity contribution in [1.29, 1.82) is 0 Å². The van der Waals surface area contributed by atoms with Gasteiger partial charge in [-0.2, -0.15) is 0 Å². The summed E-state index contributed by atoms with van der Waals surface area (Å²) in [5.74, 6) is 1.23. The number of fused-ring (bicyclic) bond motifs is 2. The Morgan fingerprint density at radius 2 is 1.89 bits per heavy atom. The van der Waals surface area contributed by atoms with Crippen LogP contribution >= 0.6 is 12.4 Å². The number of carbonyl (C=O) groups is 1. The zero-order chi connectivity index (χ0) is 25.7. The molecule has 0 saturated carbocycles. The monoisotopic (exact) mass is 535 g/mol. The molecule has 2 atom stereocenters. The average molecular weight is 536 g/mol. The van der Waals surface area contributed by atoms with E-state index in [1.807, 2.05) is 12.1 Å². The van der Waals surface area contributed by atoms with Gasteiger partial charge in [0.05, 0.1) is 0 Å². The molecule has 0 unspecified atom stereocenters. The van der Waals surface area contributed by atoms with Crippen molar-refractivity contribution < 1.29 is 28.1 Å². The van der Waals surface area contributed by atoms with Crippen LogP contribution in [0, 0.1) is 11.7 Å². The van der Waals surface area contributed by atoms with Gasteiger partial charge in [-0.3, -0.25) is 0 Å². The van der Waals surface area contributed by atoms with E-state index in [1.165, 1.54) is 18.7 Å². The van der Waals surface area contributed by atoms with E-state index < -0.39 is 5.60 Å². The molecule has 37 heavy (non-hydrogen) atoms. The van der Waals surface area contributed by atoms with Crippen molar-refractivity contribution in [2.45, 2.75) is 51.0 Å². The van der Waals surface area contributed by atoms with Gasteiger partial charge >= 0.3 is 5.97 Å². The Bertz CT molecular complexity index is 1060. The number of hydrogen-bond donors (Lipinski definition) is 0. The molecule has 0 spiro atoms. The van der Waals surface area contributed by atoms with Crippen LogP contribution in [0.3, 0.4) is 0 Å². The summed E-state index contributed by atoms with van der Waals surface area (Å²) in [7, 11) is 3.59. The first kappa shape index (κ1) is 29.2. The van der Waals surface area contributed by atoms with Crippen LogP contribution in [0.25, 0.3) is 0 Å². The summed E-state index contributed by atoms with van der Waals surface area (Å²) in [5.41, 5.74) is 2.63. The fourth-order valence-electron chi connectivity index (χ4n) is 5.72. The SMILES string of the molecule is COCC(=O)O[C@@]1(CCN(C)CCc2ccc3c(c2)OCCO3)CCc2cc(F)ccc2[C@H]1C(C)C.Cl. The molecule has 4 rings (SSSR count). The van der Waals surface area contributed by atoms with Gasteiger partial charge in [-0.1, -0.05) is 26.0 Å². The number of esters is 1. The topological polar surface area (TPSA) is 57.2 Å². The third-order valence-electron chi connectivity index (χ3n) is 7.38. The number of carbonyl (C=O) groups excluding carboxylic acids is 1. The van der Waals surface area contributed by atoms with Gasteiger partial charge in [0, 0.05) is 32.5 Å². The van der Waals surface area contributed by atoms with Crippen LogP contribution in [-0.4, -0.2) is 63.5 Å². The van der Waals surface area contributed by atoms with Crippen molar-refractivity contribution in [3.63, 3.8) is 0 Å². The van der Waals surface area contributed by atoms with Crippen molar-refractivity contribution in [3.8, 4) is 11.5 Å². The molecule has 1 aliphatic heterocycles. The second-order valence-corrected chi connectivity index (χ2v) is 10.3. The van der Waals surface area contributed by atoms with Crippen molar-refractivity contribution in [2.24, 2.45) is 5.92 Å². The van der Waals surface area contributed by atoms with E-state index in [2.05, 4.69) is 37.9 Å². The van der Waals surface area contributed by atoms with Gasteiger partial charge < -0.3 is 23.8 Å². The zero-order valence-electron chi connectivity index (χ0n) is 22.3. The van der Waals surface area contributed by atoms with Crippen molar-refractivity contribution >= 4 is 18.4 Å². The highest BCUT2D eigenvalue weighted by atomic mass is 35.5. The minimum atomic E-state index is -0.667. The van der Waals surface area contributed by atoms with Crippen LogP contribution in [0.15, 0.2) is 36.4 Å².